The van der Waals surface area contributed by atoms with E-state index in [9.17, 15) is 4.79 Å². The van der Waals surface area contributed by atoms with Crippen molar-refractivity contribution in [3.63, 3.8) is 0 Å². The molecule has 0 radical (unpaired) electrons. The predicted octanol–water partition coefficient (Wildman–Crippen LogP) is 1.34. The second kappa shape index (κ2) is 2.23. The fraction of sp³-hybridized carbons (Fsp3) is 0.167. The number of rotatable bonds is 0. The highest BCUT2D eigenvalue weighted by atomic mass is 35.5. The van der Waals surface area contributed by atoms with Gasteiger partial charge in [0, 0.05) is 16.8 Å². The van der Waals surface area contributed by atoms with Crippen LogP contribution in [0.15, 0.2) is 16.9 Å². The molecule has 3 heteroatoms. The van der Waals surface area contributed by atoms with Gasteiger partial charge in [-0.05, 0) is 13.0 Å². The van der Waals surface area contributed by atoms with Crippen molar-refractivity contribution in [1.29, 1.82) is 0 Å². The van der Waals surface area contributed by atoms with Crippen LogP contribution in [0.5, 0.6) is 0 Å². The minimum Gasteiger partial charge on any atom is -0.326 e. The maximum Gasteiger partial charge on any atom is 0.249 e. The third kappa shape index (κ3) is 1.57. The van der Waals surface area contributed by atoms with Gasteiger partial charge in [-0.25, -0.2) is 0 Å². The summed E-state index contributed by atoms with van der Waals surface area (Å²) in [6, 6.07) is 3.04. The number of aromatic amines is 1. The van der Waals surface area contributed by atoms with Crippen molar-refractivity contribution in [2.24, 2.45) is 0 Å². The topological polar surface area (TPSA) is 32.9 Å². The summed E-state index contributed by atoms with van der Waals surface area (Å²) in [5, 5.41) is 0.483. The maximum atomic E-state index is 10.6. The summed E-state index contributed by atoms with van der Waals surface area (Å²) in [4.78, 5) is 13.1. The highest BCUT2D eigenvalue weighted by Crippen LogP contribution is 2.03. The Bertz CT molecular complexity index is 243. The average molecular weight is 144 g/mol. The molecule has 0 aliphatic heterocycles. The normalized spacial score (nSPS) is 9.56. The molecule has 0 bridgehead atoms. The quantitative estimate of drug-likeness (QED) is 0.584. The zero-order valence-corrected chi connectivity index (χ0v) is 5.70. The number of nitrogens with one attached hydrogen (secondary N) is 1. The fourth-order valence-corrected chi connectivity index (χ4v) is 0.903. The lowest BCUT2D eigenvalue weighted by molar-refractivity contribution is 1.14. The van der Waals surface area contributed by atoms with Gasteiger partial charge in [0.25, 0.3) is 0 Å². The Hall–Kier alpha value is -0.760. The van der Waals surface area contributed by atoms with Gasteiger partial charge in [-0.1, -0.05) is 11.6 Å². The number of pyridine rings is 1. The summed E-state index contributed by atoms with van der Waals surface area (Å²) in [7, 11) is 0. The first-order chi connectivity index (χ1) is 4.18. The number of aryl methyl sites for hydroxylation is 1. The Balaban J connectivity index is 3.33. The third-order valence-electron chi connectivity index (χ3n) is 0.944. The van der Waals surface area contributed by atoms with E-state index >= 15 is 0 Å². The zero-order chi connectivity index (χ0) is 6.85. The average Bonchev–Trinajstić information content (AvgIpc) is 1.59. The molecule has 1 aromatic rings. The molecule has 0 spiro atoms. The SMILES string of the molecule is Cc1cc(Cl)cc(=O)[nH]1. The van der Waals surface area contributed by atoms with E-state index in [1.807, 2.05) is 0 Å². The fourth-order valence-electron chi connectivity index (χ4n) is 0.640. The molecule has 0 aliphatic carbocycles. The predicted molar refractivity (Wildman–Crippen MR) is 36.8 cm³/mol. The molecular formula is C6H6ClNO. The summed E-state index contributed by atoms with van der Waals surface area (Å²) in [5.74, 6) is 0. The van der Waals surface area contributed by atoms with Crippen LogP contribution in [0.25, 0.3) is 0 Å². The van der Waals surface area contributed by atoms with Gasteiger partial charge in [0.15, 0.2) is 0 Å². The second-order valence-electron chi connectivity index (χ2n) is 1.85. The van der Waals surface area contributed by atoms with E-state index in [4.69, 9.17) is 11.6 Å². The summed E-state index contributed by atoms with van der Waals surface area (Å²) in [5.41, 5.74) is 0.632. The monoisotopic (exact) mass is 143 g/mol. The van der Waals surface area contributed by atoms with Crippen molar-refractivity contribution in [2.75, 3.05) is 0 Å². The van der Waals surface area contributed by atoms with Crippen LogP contribution in [0.3, 0.4) is 0 Å². The summed E-state index contributed by atoms with van der Waals surface area (Å²) < 4.78 is 0. The molecule has 1 rings (SSSR count). The van der Waals surface area contributed by atoms with Crippen molar-refractivity contribution in [1.82, 2.24) is 4.98 Å². The van der Waals surface area contributed by atoms with Gasteiger partial charge in [-0.2, -0.15) is 0 Å². The first kappa shape index (κ1) is 6.36. The van der Waals surface area contributed by atoms with Crippen molar-refractivity contribution in [2.45, 2.75) is 6.92 Å². The molecule has 1 aromatic heterocycles. The molecule has 0 aliphatic rings. The largest absolute Gasteiger partial charge is 0.326 e. The standard InChI is InChI=1S/C6H6ClNO/c1-4-2-5(7)3-6(9)8-4/h2-3H,1H3,(H,8,9). The van der Waals surface area contributed by atoms with E-state index in [2.05, 4.69) is 4.98 Å². The lowest BCUT2D eigenvalue weighted by Gasteiger charge is -1.89. The van der Waals surface area contributed by atoms with Crippen LogP contribution in [0.1, 0.15) is 5.69 Å². The summed E-state index contributed by atoms with van der Waals surface area (Å²) in [6.07, 6.45) is 0. The minimum absolute atomic E-state index is 0.153. The van der Waals surface area contributed by atoms with E-state index in [0.717, 1.165) is 5.69 Å². The van der Waals surface area contributed by atoms with Crippen LogP contribution >= 0.6 is 11.6 Å². The molecule has 0 amide bonds. The molecule has 1 heterocycles. The molecule has 48 valence electrons. The van der Waals surface area contributed by atoms with Crippen molar-refractivity contribution >= 4 is 11.6 Å². The molecule has 0 aromatic carbocycles. The minimum atomic E-state index is -0.153. The zero-order valence-electron chi connectivity index (χ0n) is 4.94. The Kier molecular flexibility index (Phi) is 1.58. The second-order valence-corrected chi connectivity index (χ2v) is 2.28. The van der Waals surface area contributed by atoms with E-state index in [1.54, 1.807) is 13.0 Å². The van der Waals surface area contributed by atoms with Crippen LogP contribution in [-0.4, -0.2) is 4.98 Å². The number of hydrogen-bond donors (Lipinski definition) is 1. The van der Waals surface area contributed by atoms with E-state index in [-0.39, 0.29) is 5.56 Å². The Morgan fingerprint density at radius 3 is 2.67 bits per heavy atom. The van der Waals surface area contributed by atoms with E-state index in [1.165, 1.54) is 6.07 Å². The summed E-state index contributed by atoms with van der Waals surface area (Å²) in [6.45, 7) is 1.78. The Morgan fingerprint density at radius 2 is 2.22 bits per heavy atom. The maximum absolute atomic E-state index is 10.6. The number of hydrogen-bond acceptors (Lipinski definition) is 1. The first-order valence-corrected chi connectivity index (χ1v) is 2.93. The van der Waals surface area contributed by atoms with Gasteiger partial charge in [-0.15, -0.1) is 0 Å². The molecule has 0 unspecified atom stereocenters. The molecule has 0 saturated carbocycles. The Morgan fingerprint density at radius 1 is 1.56 bits per heavy atom. The van der Waals surface area contributed by atoms with Crippen LogP contribution < -0.4 is 5.56 Å². The van der Waals surface area contributed by atoms with Gasteiger partial charge in [0.1, 0.15) is 0 Å². The van der Waals surface area contributed by atoms with Crippen LogP contribution in [0.2, 0.25) is 5.02 Å². The van der Waals surface area contributed by atoms with Crippen LogP contribution in [0.4, 0.5) is 0 Å². The van der Waals surface area contributed by atoms with Crippen LogP contribution in [-0.2, 0) is 0 Å². The molecule has 0 atom stereocenters. The van der Waals surface area contributed by atoms with Gasteiger partial charge in [0.05, 0.1) is 0 Å². The lowest BCUT2D eigenvalue weighted by atomic mass is 10.4. The van der Waals surface area contributed by atoms with Gasteiger partial charge < -0.3 is 4.98 Å². The number of aromatic nitrogens is 1. The van der Waals surface area contributed by atoms with E-state index < -0.39 is 0 Å². The molecule has 2 nitrogen and oxygen atoms in total. The molecular weight excluding hydrogens is 138 g/mol. The molecule has 9 heavy (non-hydrogen) atoms. The number of H-pyrrole nitrogens is 1. The first-order valence-electron chi connectivity index (χ1n) is 2.55. The molecule has 0 fully saturated rings. The third-order valence-corrected chi connectivity index (χ3v) is 1.16. The Labute approximate surface area is 57.5 Å². The van der Waals surface area contributed by atoms with Crippen molar-refractivity contribution < 1.29 is 0 Å². The van der Waals surface area contributed by atoms with Gasteiger partial charge in [0.2, 0.25) is 5.56 Å². The van der Waals surface area contributed by atoms with Crippen molar-refractivity contribution in [3.05, 3.63) is 33.2 Å². The van der Waals surface area contributed by atoms with Crippen molar-refractivity contribution in [3.8, 4) is 0 Å². The van der Waals surface area contributed by atoms with E-state index in [0.29, 0.717) is 5.02 Å². The summed E-state index contributed by atoms with van der Waals surface area (Å²) >= 11 is 5.53. The van der Waals surface area contributed by atoms with Crippen LogP contribution in [0, 0.1) is 6.92 Å². The highest BCUT2D eigenvalue weighted by molar-refractivity contribution is 6.30. The van der Waals surface area contributed by atoms with Gasteiger partial charge >= 0.3 is 0 Å². The molecule has 1 N–H and O–H groups in total. The highest BCUT2D eigenvalue weighted by Gasteiger charge is 1.88. The van der Waals surface area contributed by atoms with Gasteiger partial charge in [-0.3, -0.25) is 4.79 Å². The number of halogens is 1. The smallest absolute Gasteiger partial charge is 0.249 e. The lowest BCUT2D eigenvalue weighted by Crippen LogP contribution is -2.03. The molecule has 0 saturated heterocycles.